The van der Waals surface area contributed by atoms with E-state index >= 15 is 0 Å². The van der Waals surface area contributed by atoms with Gasteiger partial charge in [-0.15, -0.1) is 0 Å². The van der Waals surface area contributed by atoms with Crippen LogP contribution in [-0.2, 0) is 11.4 Å². The van der Waals surface area contributed by atoms with Crippen LogP contribution in [0, 0.1) is 0 Å². The summed E-state index contributed by atoms with van der Waals surface area (Å²) < 4.78 is 12.0. The molecule has 2 heterocycles. The van der Waals surface area contributed by atoms with Crippen LogP contribution in [0.15, 0.2) is 100 Å². The summed E-state index contributed by atoms with van der Waals surface area (Å²) in [5, 5.41) is 10.5. The van der Waals surface area contributed by atoms with Gasteiger partial charge in [0, 0.05) is 11.6 Å². The number of ether oxygens (including phenoxy) is 1. The van der Waals surface area contributed by atoms with Crippen molar-refractivity contribution in [3.8, 4) is 17.1 Å². The Bertz CT molecular complexity index is 1500. The summed E-state index contributed by atoms with van der Waals surface area (Å²) in [6.45, 7) is 0.486. The number of hydrazine groups is 1. The maximum atomic E-state index is 13.0. The summed E-state index contributed by atoms with van der Waals surface area (Å²) >= 11 is 6.44. The number of benzene rings is 3. The third-order valence-corrected chi connectivity index (χ3v) is 6.77. The molecule has 184 valence electrons. The molecule has 0 bridgehead atoms. The van der Waals surface area contributed by atoms with Crippen LogP contribution in [0.3, 0.4) is 0 Å². The summed E-state index contributed by atoms with van der Waals surface area (Å²) in [5.74, 6) is 0.381. The van der Waals surface area contributed by atoms with Crippen LogP contribution in [0.4, 0.5) is 5.69 Å². The van der Waals surface area contributed by atoms with Gasteiger partial charge in [-0.05, 0) is 66.3 Å². The van der Waals surface area contributed by atoms with Gasteiger partial charge in [0.15, 0.2) is 4.32 Å². The normalized spacial score (nSPS) is 14.3. The van der Waals surface area contributed by atoms with Gasteiger partial charge in [-0.1, -0.05) is 54.2 Å². The molecule has 0 unspecified atom stereocenters. The Hall–Kier alpha value is -4.34. The molecule has 1 saturated heterocycles. The number of thiocarbonyl (C=S) groups is 1. The predicted molar refractivity (Wildman–Crippen MR) is 147 cm³/mol. The number of carboxylic acid groups (broad SMARTS) is 1. The summed E-state index contributed by atoms with van der Waals surface area (Å²) in [6, 6.07) is 27.4. The quantitative estimate of drug-likeness (QED) is 0.199. The standard InChI is InChI=1S/C28H20N2O5S2/c31-26-25(37-28(36)30(26)29-23-9-5-4-8-22(23)27(32)33)16-21-14-15-24(35-21)19-10-12-20(13-11-19)34-17-18-6-2-1-3-7-18/h1-16,29H,17H2,(H,32,33). The minimum Gasteiger partial charge on any atom is -0.489 e. The first kappa shape index (κ1) is 24.4. The number of para-hydroxylation sites is 1. The number of rotatable bonds is 8. The van der Waals surface area contributed by atoms with Crippen LogP contribution in [0.25, 0.3) is 17.4 Å². The number of amides is 1. The number of thioether (sulfide) groups is 1. The topological polar surface area (TPSA) is 92.0 Å². The van der Waals surface area contributed by atoms with Crippen molar-refractivity contribution in [2.24, 2.45) is 0 Å². The van der Waals surface area contributed by atoms with Gasteiger partial charge in [0.2, 0.25) is 0 Å². The fourth-order valence-electron chi connectivity index (χ4n) is 3.62. The lowest BCUT2D eigenvalue weighted by atomic mass is 10.1. The van der Waals surface area contributed by atoms with Gasteiger partial charge in [0.05, 0.1) is 16.2 Å². The number of hydrogen-bond donors (Lipinski definition) is 2. The molecule has 0 spiro atoms. The Morgan fingerprint density at radius 2 is 1.73 bits per heavy atom. The van der Waals surface area contributed by atoms with E-state index in [1.54, 1.807) is 30.3 Å². The molecule has 0 atom stereocenters. The first-order chi connectivity index (χ1) is 18.0. The molecule has 4 aromatic rings. The Labute approximate surface area is 222 Å². The molecule has 1 amide bonds. The van der Waals surface area contributed by atoms with E-state index < -0.39 is 11.9 Å². The minimum atomic E-state index is -1.11. The number of carbonyl (C=O) groups excluding carboxylic acids is 1. The van der Waals surface area contributed by atoms with Crippen molar-refractivity contribution < 1.29 is 23.8 Å². The molecule has 3 aromatic carbocycles. The molecule has 1 aliphatic heterocycles. The lowest BCUT2D eigenvalue weighted by Gasteiger charge is -2.18. The highest BCUT2D eigenvalue weighted by Crippen LogP contribution is 2.34. The lowest BCUT2D eigenvalue weighted by molar-refractivity contribution is -0.121. The van der Waals surface area contributed by atoms with Crippen LogP contribution in [0.1, 0.15) is 21.7 Å². The van der Waals surface area contributed by atoms with Gasteiger partial charge in [0.25, 0.3) is 5.91 Å². The maximum Gasteiger partial charge on any atom is 0.337 e. The Kier molecular flexibility index (Phi) is 7.07. The summed E-state index contributed by atoms with van der Waals surface area (Å²) in [5.41, 5.74) is 5.08. The first-order valence-corrected chi connectivity index (χ1v) is 12.4. The van der Waals surface area contributed by atoms with E-state index in [2.05, 4.69) is 5.43 Å². The zero-order valence-corrected chi connectivity index (χ0v) is 20.9. The average Bonchev–Trinajstić information content (AvgIpc) is 3.49. The molecule has 37 heavy (non-hydrogen) atoms. The van der Waals surface area contributed by atoms with E-state index in [1.807, 2.05) is 60.7 Å². The number of furan rings is 1. The van der Waals surface area contributed by atoms with Crippen molar-refractivity contribution >= 4 is 51.9 Å². The van der Waals surface area contributed by atoms with Gasteiger partial charge in [-0.2, -0.15) is 0 Å². The molecule has 1 aliphatic rings. The zero-order chi connectivity index (χ0) is 25.8. The molecule has 1 fully saturated rings. The largest absolute Gasteiger partial charge is 0.489 e. The molecule has 0 radical (unpaired) electrons. The second kappa shape index (κ2) is 10.7. The van der Waals surface area contributed by atoms with Crippen molar-refractivity contribution in [1.82, 2.24) is 5.01 Å². The number of nitrogens with zero attached hydrogens (tertiary/aromatic N) is 1. The average molecular weight is 529 g/mol. The Morgan fingerprint density at radius 3 is 2.49 bits per heavy atom. The second-order valence-electron chi connectivity index (χ2n) is 7.98. The van der Waals surface area contributed by atoms with E-state index in [-0.39, 0.29) is 15.6 Å². The first-order valence-electron chi connectivity index (χ1n) is 11.2. The van der Waals surface area contributed by atoms with Crippen LogP contribution in [0.5, 0.6) is 5.75 Å². The van der Waals surface area contributed by atoms with Crippen molar-refractivity contribution in [2.45, 2.75) is 6.61 Å². The van der Waals surface area contributed by atoms with Crippen LogP contribution in [0.2, 0.25) is 0 Å². The third-order valence-electron chi connectivity index (χ3n) is 5.47. The second-order valence-corrected chi connectivity index (χ2v) is 9.66. The fraction of sp³-hybridized carbons (Fsp3) is 0.0357. The number of hydrogen-bond acceptors (Lipinski definition) is 7. The van der Waals surface area contributed by atoms with Crippen LogP contribution in [-0.4, -0.2) is 26.3 Å². The van der Waals surface area contributed by atoms with E-state index in [0.717, 1.165) is 33.6 Å². The van der Waals surface area contributed by atoms with E-state index in [4.69, 9.17) is 21.4 Å². The molecule has 9 heteroatoms. The molecule has 0 aliphatic carbocycles. The maximum absolute atomic E-state index is 13.0. The smallest absolute Gasteiger partial charge is 0.337 e. The number of anilines is 1. The predicted octanol–water partition coefficient (Wildman–Crippen LogP) is 6.45. The van der Waals surface area contributed by atoms with Gasteiger partial charge in [0.1, 0.15) is 23.9 Å². The highest BCUT2D eigenvalue weighted by Gasteiger charge is 2.33. The van der Waals surface area contributed by atoms with Gasteiger partial charge < -0.3 is 14.3 Å². The van der Waals surface area contributed by atoms with E-state index in [1.165, 1.54) is 6.07 Å². The summed E-state index contributed by atoms with van der Waals surface area (Å²) in [7, 11) is 0. The third kappa shape index (κ3) is 5.58. The molecule has 5 rings (SSSR count). The van der Waals surface area contributed by atoms with Crippen molar-refractivity contribution in [2.75, 3.05) is 5.43 Å². The van der Waals surface area contributed by atoms with Crippen LogP contribution >= 0.6 is 24.0 Å². The van der Waals surface area contributed by atoms with Gasteiger partial charge in [-0.3, -0.25) is 10.2 Å². The zero-order valence-electron chi connectivity index (χ0n) is 19.3. The Morgan fingerprint density at radius 1 is 1.00 bits per heavy atom. The summed E-state index contributed by atoms with van der Waals surface area (Å²) in [6.07, 6.45) is 1.62. The number of carboxylic acids is 1. The summed E-state index contributed by atoms with van der Waals surface area (Å²) in [4.78, 5) is 24.8. The molecule has 2 N–H and O–H groups in total. The molecule has 1 aromatic heterocycles. The number of carbonyl (C=O) groups is 2. The number of nitrogens with one attached hydrogen (secondary N) is 1. The van der Waals surface area contributed by atoms with Crippen molar-refractivity contribution in [3.05, 3.63) is 113 Å². The molecular formula is C28H20N2O5S2. The lowest BCUT2D eigenvalue weighted by Crippen LogP contribution is -2.34. The van der Waals surface area contributed by atoms with Gasteiger partial charge >= 0.3 is 5.97 Å². The number of aromatic carboxylic acids is 1. The van der Waals surface area contributed by atoms with E-state index in [9.17, 15) is 14.7 Å². The fourth-order valence-corrected chi connectivity index (χ4v) is 4.78. The minimum absolute atomic E-state index is 0.0349. The van der Waals surface area contributed by atoms with Crippen LogP contribution < -0.4 is 10.2 Å². The monoisotopic (exact) mass is 528 g/mol. The van der Waals surface area contributed by atoms with Crippen molar-refractivity contribution in [1.29, 1.82) is 0 Å². The van der Waals surface area contributed by atoms with E-state index in [0.29, 0.717) is 23.0 Å². The SMILES string of the molecule is O=C(O)c1ccccc1NN1C(=O)C(=Cc2ccc(-c3ccc(OCc4ccccc4)cc3)o2)SC1=S. The van der Waals surface area contributed by atoms with Gasteiger partial charge in [-0.25, -0.2) is 9.80 Å². The highest BCUT2D eigenvalue weighted by molar-refractivity contribution is 8.26. The highest BCUT2D eigenvalue weighted by atomic mass is 32.2. The Balaban J connectivity index is 1.26. The molecule has 0 saturated carbocycles. The van der Waals surface area contributed by atoms with Crippen molar-refractivity contribution in [3.63, 3.8) is 0 Å². The molecule has 7 nitrogen and oxygen atoms in total. The molecular weight excluding hydrogens is 508 g/mol.